The molecular formula is C10H17N. The molecule has 0 bridgehead atoms. The van der Waals surface area contributed by atoms with Crippen molar-refractivity contribution in [2.45, 2.75) is 25.7 Å². The quantitative estimate of drug-likeness (QED) is 0.479. The molecule has 2 rings (SSSR count). The van der Waals surface area contributed by atoms with Gasteiger partial charge >= 0.3 is 0 Å². The summed E-state index contributed by atoms with van der Waals surface area (Å²) in [5.74, 6) is 0. The van der Waals surface area contributed by atoms with Gasteiger partial charge in [-0.1, -0.05) is 12.2 Å². The SMILES string of the molecule is CN1CC2(CCC=CCC2)C1. The summed E-state index contributed by atoms with van der Waals surface area (Å²) in [7, 11) is 2.23. The maximum absolute atomic E-state index is 2.44. The molecule has 0 aromatic carbocycles. The van der Waals surface area contributed by atoms with Gasteiger partial charge in [-0.25, -0.2) is 0 Å². The van der Waals surface area contributed by atoms with Crippen LogP contribution in [0.25, 0.3) is 0 Å². The molecule has 62 valence electrons. The van der Waals surface area contributed by atoms with E-state index < -0.39 is 0 Å². The summed E-state index contributed by atoms with van der Waals surface area (Å²) >= 11 is 0. The third-order valence-corrected chi connectivity index (χ3v) is 3.06. The minimum atomic E-state index is 0.720. The second-order valence-corrected chi connectivity index (χ2v) is 4.22. The molecule has 2 aliphatic rings. The van der Waals surface area contributed by atoms with Crippen LogP contribution >= 0.6 is 0 Å². The number of hydrogen-bond acceptors (Lipinski definition) is 1. The van der Waals surface area contributed by atoms with Crippen molar-refractivity contribution in [3.05, 3.63) is 12.2 Å². The molecule has 0 atom stereocenters. The van der Waals surface area contributed by atoms with Crippen LogP contribution < -0.4 is 0 Å². The largest absolute Gasteiger partial charge is 0.305 e. The number of likely N-dealkylation sites (tertiary alicyclic amines) is 1. The van der Waals surface area contributed by atoms with Crippen molar-refractivity contribution in [2.24, 2.45) is 5.41 Å². The van der Waals surface area contributed by atoms with E-state index in [4.69, 9.17) is 0 Å². The van der Waals surface area contributed by atoms with Gasteiger partial charge in [-0.3, -0.25) is 0 Å². The highest BCUT2D eigenvalue weighted by atomic mass is 15.2. The van der Waals surface area contributed by atoms with Crippen LogP contribution in [0.3, 0.4) is 0 Å². The third kappa shape index (κ3) is 1.34. The average Bonchev–Trinajstić information content (AvgIpc) is 2.12. The summed E-state index contributed by atoms with van der Waals surface area (Å²) in [5.41, 5.74) is 0.720. The third-order valence-electron chi connectivity index (χ3n) is 3.06. The monoisotopic (exact) mass is 151 g/mol. The van der Waals surface area contributed by atoms with Crippen molar-refractivity contribution in [3.63, 3.8) is 0 Å². The van der Waals surface area contributed by atoms with Crippen molar-refractivity contribution >= 4 is 0 Å². The van der Waals surface area contributed by atoms with Crippen molar-refractivity contribution in [2.75, 3.05) is 20.1 Å². The summed E-state index contributed by atoms with van der Waals surface area (Å²) in [5, 5.41) is 0. The van der Waals surface area contributed by atoms with Crippen molar-refractivity contribution in [1.82, 2.24) is 4.90 Å². The smallest absolute Gasteiger partial charge is 0.00476 e. The Morgan fingerprint density at radius 3 is 2.09 bits per heavy atom. The van der Waals surface area contributed by atoms with Crippen LogP contribution in [0.4, 0.5) is 0 Å². The number of allylic oxidation sites excluding steroid dienone is 2. The predicted molar refractivity (Wildman–Crippen MR) is 47.5 cm³/mol. The average molecular weight is 151 g/mol. The Labute approximate surface area is 69.1 Å². The summed E-state index contributed by atoms with van der Waals surface area (Å²) in [4.78, 5) is 2.44. The molecule has 1 aliphatic heterocycles. The first-order valence-electron chi connectivity index (χ1n) is 4.64. The van der Waals surface area contributed by atoms with Gasteiger partial charge in [0.15, 0.2) is 0 Å². The van der Waals surface area contributed by atoms with Gasteiger partial charge in [0.05, 0.1) is 0 Å². The topological polar surface area (TPSA) is 3.24 Å². The van der Waals surface area contributed by atoms with E-state index in [1.54, 1.807) is 0 Å². The molecule has 1 saturated heterocycles. The van der Waals surface area contributed by atoms with Crippen LogP contribution in [0.2, 0.25) is 0 Å². The van der Waals surface area contributed by atoms with Crippen LogP contribution in [-0.4, -0.2) is 25.0 Å². The summed E-state index contributed by atoms with van der Waals surface area (Å²) < 4.78 is 0. The maximum atomic E-state index is 2.44. The van der Waals surface area contributed by atoms with Gasteiger partial charge in [0.2, 0.25) is 0 Å². The molecule has 1 heteroatoms. The normalized spacial score (nSPS) is 29.9. The van der Waals surface area contributed by atoms with Gasteiger partial charge in [-0.15, -0.1) is 0 Å². The van der Waals surface area contributed by atoms with E-state index in [0.717, 1.165) is 5.41 Å². The first kappa shape index (κ1) is 7.35. The molecular weight excluding hydrogens is 134 g/mol. The zero-order valence-electron chi connectivity index (χ0n) is 7.34. The van der Waals surface area contributed by atoms with Crippen LogP contribution in [0.5, 0.6) is 0 Å². The van der Waals surface area contributed by atoms with Gasteiger partial charge < -0.3 is 4.90 Å². The fraction of sp³-hybridized carbons (Fsp3) is 0.800. The van der Waals surface area contributed by atoms with Gasteiger partial charge in [-0.05, 0) is 38.1 Å². The lowest BCUT2D eigenvalue weighted by molar-refractivity contribution is 0.0101. The highest BCUT2D eigenvalue weighted by Crippen LogP contribution is 2.40. The molecule has 1 heterocycles. The van der Waals surface area contributed by atoms with E-state index >= 15 is 0 Å². The van der Waals surface area contributed by atoms with Crippen LogP contribution in [0, 0.1) is 5.41 Å². The van der Waals surface area contributed by atoms with Gasteiger partial charge in [0.1, 0.15) is 0 Å². The highest BCUT2D eigenvalue weighted by Gasteiger charge is 2.39. The van der Waals surface area contributed by atoms with Gasteiger partial charge in [0, 0.05) is 13.1 Å². The fourth-order valence-corrected chi connectivity index (χ4v) is 2.55. The first-order valence-corrected chi connectivity index (χ1v) is 4.64. The number of hydrogen-bond donors (Lipinski definition) is 0. The molecule has 0 unspecified atom stereocenters. The van der Waals surface area contributed by atoms with Crippen LogP contribution in [0.15, 0.2) is 12.2 Å². The molecule has 0 aromatic heterocycles. The van der Waals surface area contributed by atoms with Crippen molar-refractivity contribution in [1.29, 1.82) is 0 Å². The van der Waals surface area contributed by atoms with Crippen molar-refractivity contribution in [3.8, 4) is 0 Å². The Morgan fingerprint density at radius 1 is 1.09 bits per heavy atom. The van der Waals surface area contributed by atoms with E-state index in [9.17, 15) is 0 Å². The molecule has 0 N–H and O–H groups in total. The zero-order valence-corrected chi connectivity index (χ0v) is 7.34. The summed E-state index contributed by atoms with van der Waals surface area (Å²) in [6.07, 6.45) is 10.2. The molecule has 11 heavy (non-hydrogen) atoms. The summed E-state index contributed by atoms with van der Waals surface area (Å²) in [6, 6.07) is 0. The second kappa shape index (κ2) is 2.63. The van der Waals surface area contributed by atoms with E-state index in [0.29, 0.717) is 0 Å². The van der Waals surface area contributed by atoms with Gasteiger partial charge in [0.25, 0.3) is 0 Å². The Hall–Kier alpha value is -0.300. The fourth-order valence-electron chi connectivity index (χ4n) is 2.55. The molecule has 0 amide bonds. The lowest BCUT2D eigenvalue weighted by atomic mass is 9.74. The van der Waals surface area contributed by atoms with E-state index in [1.807, 2.05) is 0 Å². The summed E-state index contributed by atoms with van der Waals surface area (Å²) in [6.45, 7) is 2.68. The highest BCUT2D eigenvalue weighted by molar-refractivity contribution is 5.00. The zero-order chi connectivity index (χ0) is 7.73. The minimum absolute atomic E-state index is 0.720. The first-order chi connectivity index (χ1) is 5.31. The van der Waals surface area contributed by atoms with E-state index in [1.165, 1.54) is 38.8 Å². The number of rotatable bonds is 0. The molecule has 0 aromatic rings. The molecule has 0 saturated carbocycles. The van der Waals surface area contributed by atoms with Crippen LogP contribution in [-0.2, 0) is 0 Å². The maximum Gasteiger partial charge on any atom is 0.00476 e. The lowest BCUT2D eigenvalue weighted by Crippen LogP contribution is -2.53. The molecule has 1 spiro atoms. The van der Waals surface area contributed by atoms with Gasteiger partial charge in [-0.2, -0.15) is 0 Å². The molecule has 0 radical (unpaired) electrons. The van der Waals surface area contributed by atoms with Crippen LogP contribution in [0.1, 0.15) is 25.7 Å². The van der Waals surface area contributed by atoms with E-state index in [-0.39, 0.29) is 0 Å². The van der Waals surface area contributed by atoms with E-state index in [2.05, 4.69) is 24.1 Å². The molecule has 1 aliphatic carbocycles. The standard InChI is InChI=1S/C10H17N/c1-11-8-10(9-11)6-4-2-3-5-7-10/h2-3H,4-9H2,1H3. The lowest BCUT2D eigenvalue weighted by Gasteiger charge is -2.48. The molecule has 1 fully saturated rings. The Bertz CT molecular complexity index is 154. The molecule has 1 nitrogen and oxygen atoms in total. The second-order valence-electron chi connectivity index (χ2n) is 4.22. The minimum Gasteiger partial charge on any atom is -0.305 e. The number of nitrogens with zero attached hydrogens (tertiary/aromatic N) is 1. The predicted octanol–water partition coefficient (Wildman–Crippen LogP) is 2.05. The Balaban J connectivity index is 1.94. The Kier molecular flexibility index (Phi) is 1.76. The Morgan fingerprint density at radius 2 is 1.64 bits per heavy atom. The van der Waals surface area contributed by atoms with Crippen molar-refractivity contribution < 1.29 is 0 Å².